The van der Waals surface area contributed by atoms with Crippen LogP contribution in [0.3, 0.4) is 0 Å². The Morgan fingerprint density at radius 3 is 2.61 bits per heavy atom. The van der Waals surface area contributed by atoms with E-state index in [1.54, 1.807) is 14.2 Å². The zero-order valence-electron chi connectivity index (χ0n) is 13.2. The number of aromatic nitrogens is 2. The van der Waals surface area contributed by atoms with Crippen molar-refractivity contribution in [3.05, 3.63) is 47.8 Å². The SMILES string of the molecule is COCCNC(=O)c1cnc(NCc2ccccc2OC)nc1. The molecule has 0 saturated carbocycles. The molecule has 1 aromatic heterocycles. The van der Waals surface area contributed by atoms with Gasteiger partial charge in [-0.25, -0.2) is 9.97 Å². The molecule has 2 aromatic rings. The molecule has 2 rings (SSSR count). The fourth-order valence-corrected chi connectivity index (χ4v) is 1.93. The Morgan fingerprint density at radius 2 is 1.91 bits per heavy atom. The third-order valence-electron chi connectivity index (χ3n) is 3.14. The molecule has 0 atom stereocenters. The maximum absolute atomic E-state index is 11.8. The first kappa shape index (κ1) is 16.7. The molecule has 0 aliphatic heterocycles. The minimum Gasteiger partial charge on any atom is -0.496 e. The summed E-state index contributed by atoms with van der Waals surface area (Å²) in [5.41, 5.74) is 1.41. The average molecular weight is 316 g/mol. The number of rotatable bonds is 8. The minimum atomic E-state index is -0.224. The number of amides is 1. The van der Waals surface area contributed by atoms with Crippen LogP contribution in [-0.2, 0) is 11.3 Å². The summed E-state index contributed by atoms with van der Waals surface area (Å²) in [6.07, 6.45) is 2.97. The van der Waals surface area contributed by atoms with Crippen LogP contribution < -0.4 is 15.4 Å². The fraction of sp³-hybridized carbons (Fsp3) is 0.312. The van der Waals surface area contributed by atoms with Gasteiger partial charge in [-0.05, 0) is 6.07 Å². The molecule has 23 heavy (non-hydrogen) atoms. The van der Waals surface area contributed by atoms with Gasteiger partial charge in [0.1, 0.15) is 5.75 Å². The number of hydrogen-bond donors (Lipinski definition) is 2. The zero-order chi connectivity index (χ0) is 16.5. The lowest BCUT2D eigenvalue weighted by atomic mass is 10.2. The van der Waals surface area contributed by atoms with Crippen molar-refractivity contribution < 1.29 is 14.3 Å². The van der Waals surface area contributed by atoms with Crippen molar-refractivity contribution in [2.24, 2.45) is 0 Å². The third kappa shape index (κ3) is 4.93. The molecule has 7 nitrogen and oxygen atoms in total. The largest absolute Gasteiger partial charge is 0.496 e. The summed E-state index contributed by atoms with van der Waals surface area (Å²) in [6.45, 7) is 1.44. The van der Waals surface area contributed by atoms with E-state index < -0.39 is 0 Å². The van der Waals surface area contributed by atoms with Crippen molar-refractivity contribution in [3.63, 3.8) is 0 Å². The van der Waals surface area contributed by atoms with E-state index in [9.17, 15) is 4.79 Å². The molecule has 0 radical (unpaired) electrons. The van der Waals surface area contributed by atoms with Gasteiger partial charge in [-0.1, -0.05) is 18.2 Å². The number of anilines is 1. The number of benzene rings is 1. The Kier molecular flexibility index (Phi) is 6.31. The van der Waals surface area contributed by atoms with Gasteiger partial charge >= 0.3 is 0 Å². The van der Waals surface area contributed by atoms with Gasteiger partial charge in [0, 0.05) is 38.2 Å². The maximum Gasteiger partial charge on any atom is 0.254 e. The van der Waals surface area contributed by atoms with Crippen LogP contribution in [0, 0.1) is 0 Å². The summed E-state index contributed by atoms with van der Waals surface area (Å²) in [5.74, 6) is 1.02. The highest BCUT2D eigenvalue weighted by Gasteiger charge is 2.07. The normalized spacial score (nSPS) is 10.2. The lowest BCUT2D eigenvalue weighted by molar-refractivity contribution is 0.0936. The van der Waals surface area contributed by atoms with Crippen molar-refractivity contribution in [2.75, 3.05) is 32.7 Å². The number of carbonyl (C=O) groups excluding carboxylic acids is 1. The minimum absolute atomic E-state index is 0.224. The summed E-state index contributed by atoms with van der Waals surface area (Å²) >= 11 is 0. The second kappa shape index (κ2) is 8.70. The smallest absolute Gasteiger partial charge is 0.254 e. The Labute approximate surface area is 135 Å². The second-order valence-electron chi connectivity index (χ2n) is 4.71. The molecule has 0 aliphatic carbocycles. The van der Waals surface area contributed by atoms with Gasteiger partial charge in [0.2, 0.25) is 5.95 Å². The molecule has 7 heteroatoms. The molecule has 0 unspecified atom stereocenters. The first-order valence-electron chi connectivity index (χ1n) is 7.19. The lowest BCUT2D eigenvalue weighted by Gasteiger charge is -2.09. The van der Waals surface area contributed by atoms with Crippen LogP contribution in [0.15, 0.2) is 36.7 Å². The van der Waals surface area contributed by atoms with Crippen molar-refractivity contribution in [3.8, 4) is 5.75 Å². The first-order valence-corrected chi connectivity index (χ1v) is 7.19. The van der Waals surface area contributed by atoms with E-state index >= 15 is 0 Å². The van der Waals surface area contributed by atoms with Crippen LogP contribution in [-0.4, -0.2) is 43.2 Å². The molecular formula is C16H20N4O3. The van der Waals surface area contributed by atoms with Gasteiger partial charge in [0.05, 0.1) is 19.3 Å². The van der Waals surface area contributed by atoms with E-state index in [0.29, 0.717) is 31.2 Å². The van der Waals surface area contributed by atoms with E-state index in [1.165, 1.54) is 12.4 Å². The molecule has 1 amide bonds. The van der Waals surface area contributed by atoms with Gasteiger partial charge < -0.3 is 20.1 Å². The van der Waals surface area contributed by atoms with Crippen molar-refractivity contribution in [1.29, 1.82) is 0 Å². The Balaban J connectivity index is 1.91. The van der Waals surface area contributed by atoms with E-state index in [1.807, 2.05) is 24.3 Å². The van der Waals surface area contributed by atoms with Crippen LogP contribution in [0.5, 0.6) is 5.75 Å². The summed E-state index contributed by atoms with van der Waals surface area (Å²) in [5, 5.41) is 5.81. The topological polar surface area (TPSA) is 85.4 Å². The van der Waals surface area contributed by atoms with E-state index in [2.05, 4.69) is 20.6 Å². The lowest BCUT2D eigenvalue weighted by Crippen LogP contribution is -2.27. The van der Waals surface area contributed by atoms with Gasteiger partial charge in [0.15, 0.2) is 0 Å². The van der Waals surface area contributed by atoms with E-state index in [-0.39, 0.29) is 5.91 Å². The first-order chi connectivity index (χ1) is 11.2. The predicted molar refractivity (Wildman–Crippen MR) is 86.6 cm³/mol. The number of nitrogens with one attached hydrogen (secondary N) is 2. The Hall–Kier alpha value is -2.67. The molecule has 2 N–H and O–H groups in total. The number of ether oxygens (including phenoxy) is 2. The highest BCUT2D eigenvalue weighted by atomic mass is 16.5. The maximum atomic E-state index is 11.8. The highest BCUT2D eigenvalue weighted by molar-refractivity contribution is 5.93. The molecule has 1 heterocycles. The molecule has 0 saturated heterocycles. The molecule has 0 bridgehead atoms. The van der Waals surface area contributed by atoms with Gasteiger partial charge in [0.25, 0.3) is 5.91 Å². The van der Waals surface area contributed by atoms with E-state index in [0.717, 1.165) is 11.3 Å². The fourth-order valence-electron chi connectivity index (χ4n) is 1.93. The number of carbonyl (C=O) groups is 1. The predicted octanol–water partition coefficient (Wildman–Crippen LogP) is 1.47. The Bertz CT molecular complexity index is 631. The van der Waals surface area contributed by atoms with Crippen LogP contribution in [0.2, 0.25) is 0 Å². The van der Waals surface area contributed by atoms with Gasteiger partial charge in [-0.15, -0.1) is 0 Å². The monoisotopic (exact) mass is 316 g/mol. The number of nitrogens with zero attached hydrogens (tertiary/aromatic N) is 2. The molecular weight excluding hydrogens is 296 g/mol. The van der Waals surface area contributed by atoms with Crippen LogP contribution in [0.4, 0.5) is 5.95 Å². The quantitative estimate of drug-likeness (QED) is 0.718. The summed E-state index contributed by atoms with van der Waals surface area (Å²) in [6, 6.07) is 7.71. The second-order valence-corrected chi connectivity index (χ2v) is 4.71. The molecule has 0 spiro atoms. The van der Waals surface area contributed by atoms with Crippen LogP contribution in [0.25, 0.3) is 0 Å². The van der Waals surface area contributed by atoms with Crippen molar-refractivity contribution in [1.82, 2.24) is 15.3 Å². The van der Waals surface area contributed by atoms with E-state index in [4.69, 9.17) is 9.47 Å². The number of methoxy groups -OCH3 is 2. The zero-order valence-corrected chi connectivity index (χ0v) is 13.2. The highest BCUT2D eigenvalue weighted by Crippen LogP contribution is 2.17. The van der Waals surface area contributed by atoms with Crippen molar-refractivity contribution in [2.45, 2.75) is 6.54 Å². The van der Waals surface area contributed by atoms with Crippen LogP contribution >= 0.6 is 0 Å². The summed E-state index contributed by atoms with van der Waals surface area (Å²) < 4.78 is 10.2. The average Bonchev–Trinajstić information content (AvgIpc) is 2.60. The van der Waals surface area contributed by atoms with Crippen LogP contribution in [0.1, 0.15) is 15.9 Å². The number of para-hydroxylation sites is 1. The Morgan fingerprint density at radius 1 is 1.17 bits per heavy atom. The summed E-state index contributed by atoms with van der Waals surface area (Å²) in [4.78, 5) is 20.1. The summed E-state index contributed by atoms with van der Waals surface area (Å²) in [7, 11) is 3.21. The van der Waals surface area contributed by atoms with Gasteiger partial charge in [-0.3, -0.25) is 4.79 Å². The molecule has 0 aliphatic rings. The van der Waals surface area contributed by atoms with Gasteiger partial charge in [-0.2, -0.15) is 0 Å². The van der Waals surface area contributed by atoms with Crippen molar-refractivity contribution >= 4 is 11.9 Å². The molecule has 0 fully saturated rings. The third-order valence-corrected chi connectivity index (χ3v) is 3.14. The standard InChI is InChI=1S/C16H20N4O3/c1-22-8-7-17-15(21)13-10-19-16(20-11-13)18-9-12-5-3-4-6-14(12)23-2/h3-6,10-11H,7-9H2,1-2H3,(H,17,21)(H,18,19,20). The molecule has 122 valence electrons. The number of hydrogen-bond acceptors (Lipinski definition) is 6. The molecule has 1 aromatic carbocycles.